The molecular weight excluding hydrogens is 315 g/mol. The van der Waals surface area contributed by atoms with Gasteiger partial charge in [0.2, 0.25) is 0 Å². The molecule has 0 radical (unpaired) electrons. The van der Waals surface area contributed by atoms with Crippen LogP contribution in [-0.2, 0) is 15.8 Å². The number of carboxylic acid groups (broad SMARTS) is 1. The first-order chi connectivity index (χ1) is 10.6. The fourth-order valence-corrected chi connectivity index (χ4v) is 1.96. The molecule has 0 aromatic heterocycles. The quantitative estimate of drug-likeness (QED) is 0.804. The van der Waals surface area contributed by atoms with Gasteiger partial charge in [0.1, 0.15) is 11.3 Å². The molecule has 1 unspecified atom stereocenters. The Hall–Kier alpha value is -2.25. The van der Waals surface area contributed by atoms with Gasteiger partial charge in [-0.1, -0.05) is 13.3 Å². The Kier molecular flexibility index (Phi) is 6.00. The smallest absolute Gasteiger partial charge is 0.416 e. The fourth-order valence-electron chi connectivity index (χ4n) is 1.96. The number of carbonyl (C=O) groups is 2. The van der Waals surface area contributed by atoms with Crippen LogP contribution < -0.4 is 10.1 Å². The number of benzene rings is 1. The number of ether oxygens (including phenoxy) is 1. The number of carboxylic acids is 1. The molecule has 0 fully saturated rings. The predicted molar refractivity (Wildman–Crippen MR) is 76.0 cm³/mol. The van der Waals surface area contributed by atoms with Gasteiger partial charge in [-0.3, -0.25) is 4.79 Å². The molecule has 0 aliphatic carbocycles. The van der Waals surface area contributed by atoms with E-state index in [4.69, 9.17) is 9.84 Å². The Labute approximate surface area is 131 Å². The summed E-state index contributed by atoms with van der Waals surface area (Å²) in [4.78, 5) is 22.9. The standard InChI is InChI=1S/C15H18F3NO4/c1-3-8-14(2,13(21)22)19-12(20)9-23-11-6-4-10(5-7-11)15(16,17)18/h4-7H,3,8-9H2,1-2H3,(H,19,20)(H,21,22). The summed E-state index contributed by atoms with van der Waals surface area (Å²) in [5, 5.41) is 11.5. The number of hydrogen-bond acceptors (Lipinski definition) is 3. The fraction of sp³-hybridized carbons (Fsp3) is 0.467. The molecular formula is C15H18F3NO4. The lowest BCUT2D eigenvalue weighted by Gasteiger charge is -2.25. The lowest BCUT2D eigenvalue weighted by molar-refractivity contribution is -0.147. The Balaban J connectivity index is 2.61. The minimum atomic E-state index is -4.45. The van der Waals surface area contributed by atoms with Gasteiger partial charge in [-0.2, -0.15) is 13.2 Å². The molecule has 0 heterocycles. The van der Waals surface area contributed by atoms with Crippen LogP contribution >= 0.6 is 0 Å². The molecule has 8 heteroatoms. The number of aliphatic carboxylic acids is 1. The zero-order valence-electron chi connectivity index (χ0n) is 12.7. The van der Waals surface area contributed by atoms with E-state index in [1.54, 1.807) is 6.92 Å². The Morgan fingerprint density at radius 2 is 1.78 bits per heavy atom. The van der Waals surface area contributed by atoms with Gasteiger partial charge in [0, 0.05) is 0 Å². The maximum atomic E-state index is 12.4. The van der Waals surface area contributed by atoms with E-state index in [0.29, 0.717) is 6.42 Å². The third-order valence-electron chi connectivity index (χ3n) is 3.19. The van der Waals surface area contributed by atoms with Crippen molar-refractivity contribution < 1.29 is 32.6 Å². The van der Waals surface area contributed by atoms with Crippen molar-refractivity contribution in [2.75, 3.05) is 6.61 Å². The summed E-state index contributed by atoms with van der Waals surface area (Å²) >= 11 is 0. The first kappa shape index (κ1) is 18.8. The molecule has 0 bridgehead atoms. The monoisotopic (exact) mass is 333 g/mol. The van der Waals surface area contributed by atoms with Crippen molar-refractivity contribution in [1.82, 2.24) is 5.32 Å². The van der Waals surface area contributed by atoms with Crippen molar-refractivity contribution in [3.05, 3.63) is 29.8 Å². The normalized spacial score (nSPS) is 14.0. The highest BCUT2D eigenvalue weighted by Gasteiger charge is 2.34. The molecule has 1 aromatic carbocycles. The van der Waals surface area contributed by atoms with Gasteiger partial charge in [-0.15, -0.1) is 0 Å². The summed E-state index contributed by atoms with van der Waals surface area (Å²) in [6, 6.07) is 3.87. The molecule has 1 aromatic rings. The van der Waals surface area contributed by atoms with E-state index in [1.807, 2.05) is 0 Å². The van der Waals surface area contributed by atoms with Crippen molar-refractivity contribution in [2.45, 2.75) is 38.4 Å². The Morgan fingerprint density at radius 1 is 1.22 bits per heavy atom. The average molecular weight is 333 g/mol. The zero-order chi connectivity index (χ0) is 17.7. The van der Waals surface area contributed by atoms with E-state index in [9.17, 15) is 22.8 Å². The van der Waals surface area contributed by atoms with Crippen LogP contribution in [0, 0.1) is 0 Å². The molecule has 128 valence electrons. The van der Waals surface area contributed by atoms with E-state index in [1.165, 1.54) is 6.92 Å². The number of amides is 1. The van der Waals surface area contributed by atoms with Crippen LogP contribution in [0.4, 0.5) is 13.2 Å². The molecule has 5 nitrogen and oxygen atoms in total. The molecule has 23 heavy (non-hydrogen) atoms. The van der Waals surface area contributed by atoms with E-state index in [2.05, 4.69) is 5.32 Å². The molecule has 0 saturated carbocycles. The van der Waals surface area contributed by atoms with Gasteiger partial charge in [0.25, 0.3) is 5.91 Å². The van der Waals surface area contributed by atoms with Gasteiger partial charge < -0.3 is 15.2 Å². The Morgan fingerprint density at radius 3 is 2.22 bits per heavy atom. The number of alkyl halides is 3. The van der Waals surface area contributed by atoms with Gasteiger partial charge in [0.05, 0.1) is 5.56 Å². The number of hydrogen-bond donors (Lipinski definition) is 2. The summed E-state index contributed by atoms with van der Waals surface area (Å²) in [5.74, 6) is -1.74. The minimum absolute atomic E-state index is 0.0840. The van der Waals surface area contributed by atoms with Crippen LogP contribution in [0.25, 0.3) is 0 Å². The average Bonchev–Trinajstić information content (AvgIpc) is 2.44. The molecule has 2 N–H and O–H groups in total. The summed E-state index contributed by atoms with van der Waals surface area (Å²) in [7, 11) is 0. The van der Waals surface area contributed by atoms with Gasteiger partial charge in [-0.25, -0.2) is 4.79 Å². The maximum Gasteiger partial charge on any atom is 0.416 e. The number of carbonyl (C=O) groups excluding carboxylic acids is 1. The molecule has 0 spiro atoms. The minimum Gasteiger partial charge on any atom is -0.484 e. The first-order valence-electron chi connectivity index (χ1n) is 6.93. The van der Waals surface area contributed by atoms with Crippen molar-refractivity contribution in [1.29, 1.82) is 0 Å². The molecule has 1 amide bonds. The lowest BCUT2D eigenvalue weighted by Crippen LogP contribution is -2.53. The number of nitrogens with one attached hydrogen (secondary N) is 1. The predicted octanol–water partition coefficient (Wildman–Crippen LogP) is 2.84. The largest absolute Gasteiger partial charge is 0.484 e. The first-order valence-corrected chi connectivity index (χ1v) is 6.93. The second-order valence-electron chi connectivity index (χ2n) is 5.25. The van der Waals surface area contributed by atoms with E-state index in [-0.39, 0.29) is 12.2 Å². The van der Waals surface area contributed by atoms with Crippen molar-refractivity contribution >= 4 is 11.9 Å². The molecule has 0 aliphatic rings. The third-order valence-corrected chi connectivity index (χ3v) is 3.19. The third kappa shape index (κ3) is 5.46. The molecule has 1 atom stereocenters. The lowest BCUT2D eigenvalue weighted by atomic mass is 9.96. The Bertz CT molecular complexity index is 557. The molecule has 0 saturated heterocycles. The van der Waals surface area contributed by atoms with Crippen LogP contribution in [0.15, 0.2) is 24.3 Å². The summed E-state index contributed by atoms with van der Waals surface area (Å²) in [6.07, 6.45) is -3.64. The number of halogens is 3. The van der Waals surface area contributed by atoms with Crippen molar-refractivity contribution in [2.24, 2.45) is 0 Å². The van der Waals surface area contributed by atoms with Crippen LogP contribution in [0.5, 0.6) is 5.75 Å². The second kappa shape index (κ2) is 7.34. The van der Waals surface area contributed by atoms with Crippen LogP contribution in [0.2, 0.25) is 0 Å². The van der Waals surface area contributed by atoms with Crippen molar-refractivity contribution in [3.8, 4) is 5.75 Å². The number of rotatable bonds is 7. The SMILES string of the molecule is CCCC(C)(NC(=O)COc1ccc(C(F)(F)F)cc1)C(=O)O. The van der Waals surface area contributed by atoms with Crippen LogP contribution in [0.3, 0.4) is 0 Å². The van der Waals surface area contributed by atoms with Crippen molar-refractivity contribution in [3.63, 3.8) is 0 Å². The van der Waals surface area contributed by atoms with Crippen LogP contribution in [0.1, 0.15) is 32.3 Å². The summed E-state index contributed by atoms with van der Waals surface area (Å²) < 4.78 is 42.3. The molecule has 1 rings (SSSR count). The van der Waals surface area contributed by atoms with Gasteiger partial charge >= 0.3 is 12.1 Å². The topological polar surface area (TPSA) is 75.6 Å². The highest BCUT2D eigenvalue weighted by Crippen LogP contribution is 2.30. The maximum absolute atomic E-state index is 12.4. The van der Waals surface area contributed by atoms with E-state index < -0.39 is 35.8 Å². The molecule has 0 aliphatic heterocycles. The van der Waals surface area contributed by atoms with Gasteiger partial charge in [-0.05, 0) is 37.6 Å². The van der Waals surface area contributed by atoms with Crippen LogP contribution in [-0.4, -0.2) is 29.1 Å². The highest BCUT2D eigenvalue weighted by atomic mass is 19.4. The highest BCUT2D eigenvalue weighted by molar-refractivity contribution is 5.87. The zero-order valence-corrected chi connectivity index (χ0v) is 12.7. The summed E-state index contributed by atoms with van der Waals surface area (Å²) in [6.45, 7) is 2.68. The van der Waals surface area contributed by atoms with E-state index >= 15 is 0 Å². The summed E-state index contributed by atoms with van der Waals surface area (Å²) in [5.41, 5.74) is -2.23. The van der Waals surface area contributed by atoms with Gasteiger partial charge in [0.15, 0.2) is 6.61 Å². The van der Waals surface area contributed by atoms with E-state index in [0.717, 1.165) is 24.3 Å². The second-order valence-corrected chi connectivity index (χ2v) is 5.25.